The van der Waals surface area contributed by atoms with Gasteiger partial charge in [-0.25, -0.2) is 0 Å². The van der Waals surface area contributed by atoms with Crippen LogP contribution in [0.1, 0.15) is 64.3 Å². The highest BCUT2D eigenvalue weighted by Crippen LogP contribution is 2.10. The predicted molar refractivity (Wildman–Crippen MR) is 106 cm³/mol. The van der Waals surface area contributed by atoms with Gasteiger partial charge < -0.3 is 0 Å². The van der Waals surface area contributed by atoms with Crippen molar-refractivity contribution in [3.8, 4) is 6.07 Å². The van der Waals surface area contributed by atoms with Crippen molar-refractivity contribution in [1.29, 1.82) is 5.26 Å². The van der Waals surface area contributed by atoms with Gasteiger partial charge >= 0.3 is 0 Å². The summed E-state index contributed by atoms with van der Waals surface area (Å²) in [5.41, 5.74) is 4.49. The van der Waals surface area contributed by atoms with Gasteiger partial charge in [0.05, 0.1) is 11.6 Å². The molecule has 0 fully saturated rings. The molecule has 23 heavy (non-hydrogen) atoms. The maximum absolute atomic E-state index is 8.69. The Morgan fingerprint density at radius 2 is 1.35 bits per heavy atom. The van der Waals surface area contributed by atoms with E-state index in [4.69, 9.17) is 5.26 Å². The molecule has 0 aromatic heterocycles. The number of aryl methyl sites for hydroxylation is 3. The van der Waals surface area contributed by atoms with E-state index in [-0.39, 0.29) is 14.9 Å². The van der Waals surface area contributed by atoms with Gasteiger partial charge in [0.25, 0.3) is 0 Å². The van der Waals surface area contributed by atoms with E-state index in [0.717, 1.165) is 17.5 Å². The normalized spacial score (nSPS) is 7.83. The van der Waals surface area contributed by atoms with Crippen LogP contribution in [-0.2, 0) is 6.42 Å². The Bertz CT molecular complexity index is 536. The van der Waals surface area contributed by atoms with Crippen LogP contribution in [0.5, 0.6) is 0 Å². The third-order valence-corrected chi connectivity index (χ3v) is 2.70. The number of hydrogen-bond acceptors (Lipinski definition) is 1. The number of benzene rings is 2. The van der Waals surface area contributed by atoms with Gasteiger partial charge in [0, 0.05) is 0 Å². The number of nitriles is 1. The summed E-state index contributed by atoms with van der Waals surface area (Å²) in [4.78, 5) is 0. The van der Waals surface area contributed by atoms with E-state index in [1.165, 1.54) is 17.5 Å². The molecule has 0 saturated heterocycles. The fourth-order valence-corrected chi connectivity index (χ4v) is 1.66. The molecule has 0 atom stereocenters. The van der Waals surface area contributed by atoms with Crippen LogP contribution in [0.3, 0.4) is 0 Å². The first kappa shape index (κ1) is 25.9. The van der Waals surface area contributed by atoms with Crippen molar-refractivity contribution in [2.24, 2.45) is 0 Å². The zero-order chi connectivity index (χ0) is 16.1. The van der Waals surface area contributed by atoms with Gasteiger partial charge in [0.2, 0.25) is 0 Å². The van der Waals surface area contributed by atoms with Gasteiger partial charge in [0.15, 0.2) is 0 Å². The van der Waals surface area contributed by atoms with Crippen molar-refractivity contribution in [1.82, 2.24) is 0 Å². The van der Waals surface area contributed by atoms with Crippen LogP contribution in [0.15, 0.2) is 48.5 Å². The summed E-state index contributed by atoms with van der Waals surface area (Å²) in [5.74, 6) is 0. The van der Waals surface area contributed by atoms with Crippen LogP contribution < -0.4 is 0 Å². The number of rotatable bonds is 1. The maximum Gasteiger partial charge on any atom is 0.0994 e. The van der Waals surface area contributed by atoms with Crippen LogP contribution in [0.25, 0.3) is 0 Å². The first-order valence-electron chi connectivity index (χ1n) is 7.60. The van der Waals surface area contributed by atoms with Crippen molar-refractivity contribution in [2.75, 3.05) is 0 Å². The molecule has 2 aromatic carbocycles. The summed E-state index contributed by atoms with van der Waals surface area (Å²) >= 11 is 0. The van der Waals surface area contributed by atoms with E-state index >= 15 is 0 Å². The monoisotopic (exact) mass is 313 g/mol. The van der Waals surface area contributed by atoms with Gasteiger partial charge in [-0.15, -0.1) is 0 Å². The van der Waals surface area contributed by atoms with Crippen LogP contribution in [0, 0.1) is 25.2 Å². The Labute approximate surface area is 145 Å². The van der Waals surface area contributed by atoms with Crippen LogP contribution >= 0.6 is 0 Å². The highest BCUT2D eigenvalue weighted by atomic mass is 14.2. The molecule has 0 bridgehead atoms. The third kappa shape index (κ3) is 12.2. The summed E-state index contributed by atoms with van der Waals surface area (Å²) in [6, 6.07) is 18.4. The van der Waals surface area contributed by atoms with Gasteiger partial charge in [-0.05, 0) is 31.9 Å². The van der Waals surface area contributed by atoms with E-state index in [2.05, 4.69) is 52.0 Å². The Morgan fingerprint density at radius 3 is 1.70 bits per heavy atom. The van der Waals surface area contributed by atoms with Crippen LogP contribution in [-0.4, -0.2) is 0 Å². The highest BCUT2D eigenvalue weighted by molar-refractivity contribution is 5.39. The fraction of sp³-hybridized carbons (Fsp3) is 0.409. The molecule has 0 amide bonds. The second kappa shape index (κ2) is 16.3. The predicted octanol–water partition coefficient (Wildman–Crippen LogP) is 7.11. The number of hydrogen-bond donors (Lipinski definition) is 0. The fourth-order valence-electron chi connectivity index (χ4n) is 1.66. The zero-order valence-corrected chi connectivity index (χ0v) is 14.0. The molecule has 0 radical (unpaired) electrons. The molecule has 0 aliphatic heterocycles. The van der Waals surface area contributed by atoms with Gasteiger partial charge in [-0.1, -0.05) is 95.6 Å². The van der Waals surface area contributed by atoms with Gasteiger partial charge in [-0.3, -0.25) is 0 Å². The molecule has 0 unspecified atom stereocenters. The smallest absolute Gasteiger partial charge is 0.0994 e. The van der Waals surface area contributed by atoms with Crippen molar-refractivity contribution < 1.29 is 0 Å². The zero-order valence-electron chi connectivity index (χ0n) is 14.0. The third-order valence-electron chi connectivity index (χ3n) is 2.70. The van der Waals surface area contributed by atoms with Gasteiger partial charge in [-0.2, -0.15) is 5.26 Å². The minimum atomic E-state index is 0. The molecule has 0 aliphatic rings. The maximum atomic E-state index is 8.69. The van der Waals surface area contributed by atoms with E-state index in [0.29, 0.717) is 0 Å². The molecule has 2 aromatic rings. The van der Waals surface area contributed by atoms with Crippen molar-refractivity contribution in [2.45, 2.75) is 62.3 Å². The van der Waals surface area contributed by atoms with E-state index < -0.39 is 0 Å². The largest absolute Gasteiger partial charge is 0.192 e. The average molecular weight is 314 g/mol. The molecular formula is C22H35N. The van der Waals surface area contributed by atoms with E-state index in [1.807, 2.05) is 37.3 Å². The van der Waals surface area contributed by atoms with Crippen LogP contribution in [0.2, 0.25) is 0 Å². The molecule has 1 heteroatoms. The Kier molecular flexibility index (Phi) is 18.3. The summed E-state index contributed by atoms with van der Waals surface area (Å²) in [6.07, 6.45) is 2.19. The minimum absolute atomic E-state index is 0. The molecule has 2 rings (SSSR count). The molecule has 0 heterocycles. The minimum Gasteiger partial charge on any atom is -0.192 e. The Balaban J connectivity index is -0.000000291. The lowest BCUT2D eigenvalue weighted by molar-refractivity contribution is 1.09. The Morgan fingerprint density at radius 1 is 0.826 bits per heavy atom. The molecule has 128 valence electrons. The Hall–Kier alpha value is -2.07. The standard InChI is InChI=1S/C10H11N.C7H8.C3H8.2CH4/c1-3-9-6-8(2)4-5-10(9)7-11;1-7-5-3-2-4-6-7;1-3-2;;/h4-6H,3H2,1-2H3;2-6H,1H3;3H2,1-2H3;2*1H4. The first-order valence-corrected chi connectivity index (χ1v) is 7.60. The topological polar surface area (TPSA) is 23.8 Å². The van der Waals surface area contributed by atoms with Gasteiger partial charge in [0.1, 0.15) is 0 Å². The molecule has 0 aliphatic carbocycles. The quantitative estimate of drug-likeness (QED) is 0.550. The molecule has 0 spiro atoms. The summed E-state index contributed by atoms with van der Waals surface area (Å²) < 4.78 is 0. The molecule has 0 N–H and O–H groups in total. The SMILES string of the molecule is C.C.CCC.CCc1cc(C)ccc1C#N.Cc1ccccc1. The lowest BCUT2D eigenvalue weighted by Gasteiger charge is -2.00. The van der Waals surface area contributed by atoms with E-state index in [1.54, 1.807) is 0 Å². The summed E-state index contributed by atoms with van der Waals surface area (Å²) in [7, 11) is 0. The van der Waals surface area contributed by atoms with Crippen molar-refractivity contribution in [3.63, 3.8) is 0 Å². The second-order valence-corrected chi connectivity index (χ2v) is 4.99. The highest BCUT2D eigenvalue weighted by Gasteiger charge is 1.97. The molecule has 0 saturated carbocycles. The molecule has 1 nitrogen and oxygen atoms in total. The number of nitrogens with zero attached hydrogens (tertiary/aromatic N) is 1. The van der Waals surface area contributed by atoms with E-state index in [9.17, 15) is 0 Å². The van der Waals surface area contributed by atoms with Crippen molar-refractivity contribution in [3.05, 3.63) is 70.8 Å². The van der Waals surface area contributed by atoms with Crippen molar-refractivity contribution >= 4 is 0 Å². The molecular weight excluding hydrogens is 278 g/mol. The average Bonchev–Trinajstić information content (AvgIpc) is 2.49. The first-order chi connectivity index (χ1) is 10.1. The lowest BCUT2D eigenvalue weighted by Crippen LogP contribution is -1.87. The second-order valence-electron chi connectivity index (χ2n) is 4.99. The summed E-state index contributed by atoms with van der Waals surface area (Å²) in [5, 5.41) is 8.69. The summed E-state index contributed by atoms with van der Waals surface area (Å²) in [6.45, 7) is 10.4. The van der Waals surface area contributed by atoms with Crippen LogP contribution in [0.4, 0.5) is 0 Å². The lowest BCUT2D eigenvalue weighted by atomic mass is 10.0.